The van der Waals surface area contributed by atoms with E-state index >= 15 is 0 Å². The van der Waals surface area contributed by atoms with Gasteiger partial charge < -0.3 is 4.74 Å². The molecular weight excluding hydrogens is 287 g/mol. The fourth-order valence-electron chi connectivity index (χ4n) is 2.30. The summed E-state index contributed by atoms with van der Waals surface area (Å²) in [5, 5.41) is 0. The molecule has 0 atom stereocenters. The molecule has 0 amide bonds. The summed E-state index contributed by atoms with van der Waals surface area (Å²) in [4.78, 5) is 0. The van der Waals surface area contributed by atoms with Crippen molar-refractivity contribution >= 4 is 0 Å². The minimum Gasteiger partial charge on any atom is -0.489 e. The van der Waals surface area contributed by atoms with Crippen molar-refractivity contribution in [3.05, 3.63) is 114 Å². The lowest BCUT2D eigenvalue weighted by Crippen LogP contribution is -1.97. The molecular formula is C21H17FO. The standard InChI is InChI=1S/C21H17FO/c1-16-7-5-6-10-18(16)13-19-11-12-20(14-21(19)22)23-15-17-8-3-2-4-9-17/h2-14H,1,15H2. The molecule has 23 heavy (non-hydrogen) atoms. The van der Waals surface area contributed by atoms with E-state index in [9.17, 15) is 4.39 Å². The summed E-state index contributed by atoms with van der Waals surface area (Å²) >= 11 is 0. The second-order valence-electron chi connectivity index (χ2n) is 5.30. The zero-order valence-corrected chi connectivity index (χ0v) is 12.7. The molecule has 0 bridgehead atoms. The highest BCUT2D eigenvalue weighted by atomic mass is 19.1. The maximum absolute atomic E-state index is 14.3. The van der Waals surface area contributed by atoms with Crippen molar-refractivity contribution in [3.8, 4) is 5.75 Å². The Morgan fingerprint density at radius 2 is 1.61 bits per heavy atom. The lowest BCUT2D eigenvalue weighted by atomic mass is 10.0. The average Bonchev–Trinajstić information content (AvgIpc) is 2.58. The maximum atomic E-state index is 14.3. The monoisotopic (exact) mass is 304 g/mol. The van der Waals surface area contributed by atoms with Gasteiger partial charge in [0.25, 0.3) is 0 Å². The Kier molecular flexibility index (Phi) is 4.72. The lowest BCUT2D eigenvalue weighted by Gasteiger charge is -2.10. The summed E-state index contributed by atoms with van der Waals surface area (Å²) in [5.41, 5.74) is 3.35. The molecule has 0 saturated heterocycles. The van der Waals surface area contributed by atoms with E-state index in [4.69, 9.17) is 4.74 Å². The molecule has 0 heterocycles. The molecule has 0 aliphatic heterocycles. The number of halogens is 1. The molecule has 2 heteroatoms. The van der Waals surface area contributed by atoms with Crippen molar-refractivity contribution in [2.24, 2.45) is 0 Å². The molecule has 1 nitrogen and oxygen atoms in total. The van der Waals surface area contributed by atoms with Gasteiger partial charge in [-0.2, -0.15) is 0 Å². The van der Waals surface area contributed by atoms with E-state index in [0.717, 1.165) is 16.7 Å². The fourth-order valence-corrected chi connectivity index (χ4v) is 2.30. The van der Waals surface area contributed by atoms with E-state index < -0.39 is 0 Å². The van der Waals surface area contributed by atoms with Gasteiger partial charge >= 0.3 is 0 Å². The third-order valence-corrected chi connectivity index (χ3v) is 3.59. The van der Waals surface area contributed by atoms with Crippen LogP contribution in [0, 0.1) is 19.2 Å². The van der Waals surface area contributed by atoms with Gasteiger partial charge in [0.2, 0.25) is 0 Å². The molecule has 0 aliphatic carbocycles. The first-order valence-corrected chi connectivity index (χ1v) is 7.44. The minimum atomic E-state index is -0.307. The third kappa shape index (κ3) is 3.98. The second-order valence-corrected chi connectivity index (χ2v) is 5.30. The number of rotatable bonds is 5. The van der Waals surface area contributed by atoms with Crippen molar-refractivity contribution in [2.45, 2.75) is 6.61 Å². The zero-order chi connectivity index (χ0) is 16.1. The molecule has 3 rings (SSSR count). The maximum Gasteiger partial charge on any atom is 0.130 e. The van der Waals surface area contributed by atoms with Crippen molar-refractivity contribution in [3.63, 3.8) is 0 Å². The van der Waals surface area contributed by atoms with Crippen LogP contribution in [0.25, 0.3) is 0 Å². The molecule has 0 aliphatic rings. The highest BCUT2D eigenvalue weighted by Crippen LogP contribution is 2.22. The smallest absolute Gasteiger partial charge is 0.130 e. The first-order chi connectivity index (χ1) is 11.2. The Labute approximate surface area is 136 Å². The molecule has 0 fully saturated rings. The van der Waals surface area contributed by atoms with Crippen LogP contribution in [0.2, 0.25) is 0 Å². The fraction of sp³-hybridized carbons (Fsp3) is 0.0476. The van der Waals surface area contributed by atoms with Gasteiger partial charge in [-0.15, -0.1) is 0 Å². The van der Waals surface area contributed by atoms with Crippen LogP contribution in [0.3, 0.4) is 0 Å². The Bertz CT molecular complexity index is 781. The molecule has 0 unspecified atom stereocenters. The molecule has 2 radical (unpaired) electrons. The summed E-state index contributed by atoms with van der Waals surface area (Å²) in [5.74, 6) is 0.213. The first-order valence-electron chi connectivity index (χ1n) is 7.44. The van der Waals surface area contributed by atoms with Crippen molar-refractivity contribution in [2.75, 3.05) is 0 Å². The molecule has 3 aromatic rings. The van der Waals surface area contributed by atoms with Gasteiger partial charge in [0.15, 0.2) is 0 Å². The third-order valence-electron chi connectivity index (χ3n) is 3.59. The van der Waals surface area contributed by atoms with Crippen LogP contribution in [0.4, 0.5) is 4.39 Å². The quantitative estimate of drug-likeness (QED) is 0.630. The Hall–Kier alpha value is -2.61. The van der Waals surface area contributed by atoms with Gasteiger partial charge in [-0.05, 0) is 35.2 Å². The van der Waals surface area contributed by atoms with E-state index in [2.05, 4.69) is 6.92 Å². The molecule has 3 aromatic carbocycles. The normalized spacial score (nSPS) is 10.5. The summed E-state index contributed by atoms with van der Waals surface area (Å²) < 4.78 is 19.9. The van der Waals surface area contributed by atoms with Crippen LogP contribution in [-0.2, 0) is 6.61 Å². The van der Waals surface area contributed by atoms with Gasteiger partial charge in [-0.1, -0.05) is 60.7 Å². The molecule has 0 aromatic heterocycles. The molecule has 114 valence electrons. The highest BCUT2D eigenvalue weighted by molar-refractivity contribution is 5.45. The summed E-state index contributed by atoms with van der Waals surface area (Å²) in [6.45, 7) is 4.37. The summed E-state index contributed by atoms with van der Waals surface area (Å²) in [7, 11) is 0. The minimum absolute atomic E-state index is 0.307. The van der Waals surface area contributed by atoms with Gasteiger partial charge in [0.1, 0.15) is 18.2 Å². The number of ether oxygens (including phenoxy) is 1. The first kappa shape index (κ1) is 15.3. The topological polar surface area (TPSA) is 9.23 Å². The van der Waals surface area contributed by atoms with E-state index in [1.807, 2.05) is 54.6 Å². The van der Waals surface area contributed by atoms with E-state index in [-0.39, 0.29) is 5.82 Å². The summed E-state index contributed by atoms with van der Waals surface area (Å²) in [6, 6.07) is 22.4. The van der Waals surface area contributed by atoms with E-state index in [1.165, 1.54) is 6.07 Å². The summed E-state index contributed by atoms with van der Waals surface area (Å²) in [6.07, 6.45) is 1.79. The van der Waals surface area contributed by atoms with Gasteiger partial charge in [-0.3, -0.25) is 0 Å². The average molecular weight is 304 g/mol. The molecule has 0 saturated carbocycles. The lowest BCUT2D eigenvalue weighted by molar-refractivity contribution is 0.304. The number of hydrogen-bond donors (Lipinski definition) is 0. The predicted molar refractivity (Wildman–Crippen MR) is 90.6 cm³/mol. The molecule has 0 spiro atoms. The van der Waals surface area contributed by atoms with Crippen molar-refractivity contribution in [1.29, 1.82) is 0 Å². The van der Waals surface area contributed by atoms with Gasteiger partial charge in [-0.25, -0.2) is 4.39 Å². The van der Waals surface area contributed by atoms with Crippen LogP contribution in [0.15, 0.2) is 72.8 Å². The van der Waals surface area contributed by atoms with Crippen LogP contribution >= 0.6 is 0 Å². The van der Waals surface area contributed by atoms with Crippen LogP contribution in [0.5, 0.6) is 5.75 Å². The number of benzene rings is 3. The highest BCUT2D eigenvalue weighted by Gasteiger charge is 2.07. The van der Waals surface area contributed by atoms with Crippen molar-refractivity contribution in [1.82, 2.24) is 0 Å². The van der Waals surface area contributed by atoms with E-state index in [1.54, 1.807) is 18.6 Å². The molecule has 0 N–H and O–H groups in total. The Morgan fingerprint density at radius 3 is 2.35 bits per heavy atom. The predicted octanol–water partition coefficient (Wildman–Crippen LogP) is 5.19. The van der Waals surface area contributed by atoms with Gasteiger partial charge in [0, 0.05) is 12.5 Å². The van der Waals surface area contributed by atoms with Crippen LogP contribution < -0.4 is 4.74 Å². The van der Waals surface area contributed by atoms with Crippen LogP contribution in [-0.4, -0.2) is 0 Å². The van der Waals surface area contributed by atoms with Crippen LogP contribution in [0.1, 0.15) is 22.3 Å². The Balaban J connectivity index is 1.69. The number of hydrogen-bond acceptors (Lipinski definition) is 1. The largest absolute Gasteiger partial charge is 0.489 e. The van der Waals surface area contributed by atoms with Gasteiger partial charge in [0.05, 0.1) is 0 Å². The van der Waals surface area contributed by atoms with Crippen molar-refractivity contribution < 1.29 is 9.13 Å². The van der Waals surface area contributed by atoms with E-state index in [0.29, 0.717) is 17.9 Å². The zero-order valence-electron chi connectivity index (χ0n) is 12.7. The second kappa shape index (κ2) is 7.10. The SMILES string of the molecule is [CH2]c1ccccc1[CH]c1ccc(OCc2ccccc2)cc1F. The Morgan fingerprint density at radius 1 is 0.870 bits per heavy atom.